The first-order valence-electron chi connectivity index (χ1n) is 22.4. The predicted octanol–water partition coefficient (Wildman–Crippen LogP) is 13.0. The van der Waals surface area contributed by atoms with E-state index in [-0.39, 0.29) is 32.9 Å². The summed E-state index contributed by atoms with van der Waals surface area (Å²) in [6.07, 6.45) is 19.7. The Morgan fingerprint density at radius 2 is 0.763 bits per heavy atom. The fourth-order valence-corrected chi connectivity index (χ4v) is 28.5. The first kappa shape index (κ1) is 53.3. The summed E-state index contributed by atoms with van der Waals surface area (Å²) in [5.41, 5.74) is -0.565. The molecule has 0 aromatic heterocycles. The zero-order valence-electron chi connectivity index (χ0n) is 36.7. The minimum Gasteiger partial charge on any atom is -0.741 e. The van der Waals surface area contributed by atoms with E-state index in [1.807, 2.05) is 0 Å². The summed E-state index contributed by atoms with van der Waals surface area (Å²) in [4.78, 5) is 0. The molecule has 340 valence electrons. The molecule has 0 unspecified atom stereocenters. The maximum atomic E-state index is 14.5. The SMILES string of the molecule is CC[C@@H]1CC[C@@H](CC)P1c1ccccc1P1(=O)[C@H](CC)CC[C@H]1CC.CC[C@@H]1CC[C@@H](CC)P1c1ccccc1P1(=O)[C@H](CC)CC[C@H]1CC.O=S(=O)([O-])C(F)(F)F.[Cu+]. The molecule has 5 nitrogen and oxygen atoms in total. The van der Waals surface area contributed by atoms with Crippen LogP contribution in [0.15, 0.2) is 48.5 Å². The van der Waals surface area contributed by atoms with Crippen LogP contribution in [-0.4, -0.2) is 63.8 Å². The van der Waals surface area contributed by atoms with Crippen LogP contribution in [0.25, 0.3) is 0 Å². The van der Waals surface area contributed by atoms with Crippen molar-refractivity contribution in [2.45, 2.75) is 209 Å². The summed E-state index contributed by atoms with van der Waals surface area (Å²) in [5, 5.41) is 5.71. The molecule has 0 radical (unpaired) electrons. The third kappa shape index (κ3) is 11.3. The van der Waals surface area contributed by atoms with Crippen LogP contribution in [0, 0.1) is 0 Å². The number of hydrogen-bond acceptors (Lipinski definition) is 5. The largest absolute Gasteiger partial charge is 1.00 e. The molecule has 4 saturated heterocycles. The Balaban J connectivity index is 0.000000263. The summed E-state index contributed by atoms with van der Waals surface area (Å²) >= 11 is 0. The Morgan fingerprint density at radius 3 is 0.966 bits per heavy atom. The van der Waals surface area contributed by atoms with Gasteiger partial charge in [0.05, 0.1) is 0 Å². The van der Waals surface area contributed by atoms with Gasteiger partial charge in [-0.1, -0.05) is 120 Å². The molecule has 59 heavy (non-hydrogen) atoms. The van der Waals surface area contributed by atoms with Crippen molar-refractivity contribution >= 4 is 61.5 Å². The van der Waals surface area contributed by atoms with Gasteiger partial charge >= 0.3 is 22.6 Å². The van der Waals surface area contributed by atoms with Crippen LogP contribution in [0.5, 0.6) is 0 Å². The maximum absolute atomic E-state index is 14.5. The molecule has 0 spiro atoms. The van der Waals surface area contributed by atoms with Crippen molar-refractivity contribution in [2.75, 3.05) is 0 Å². The van der Waals surface area contributed by atoms with Crippen molar-refractivity contribution in [1.82, 2.24) is 0 Å². The average molecular weight is 970 g/mol. The molecule has 2 aromatic rings. The molecule has 4 heterocycles. The Hall–Kier alpha value is -0.0205. The monoisotopic (exact) mass is 968 g/mol. The van der Waals surface area contributed by atoms with E-state index >= 15 is 0 Å². The van der Waals surface area contributed by atoms with Gasteiger partial charge in [-0.3, -0.25) is 0 Å². The van der Waals surface area contributed by atoms with Gasteiger partial charge < -0.3 is 13.7 Å². The molecular weight excluding hydrogens is 897 g/mol. The molecule has 14 heteroatoms. The van der Waals surface area contributed by atoms with Gasteiger partial charge in [0.25, 0.3) is 0 Å². The molecule has 0 aliphatic carbocycles. The Labute approximate surface area is 369 Å². The fraction of sp³-hybridized carbons (Fsp3) is 0.733. The summed E-state index contributed by atoms with van der Waals surface area (Å²) in [5.74, 6) is 0. The third-order valence-electron chi connectivity index (χ3n) is 14.2. The fourth-order valence-electron chi connectivity index (χ4n) is 11.1. The van der Waals surface area contributed by atoms with E-state index in [2.05, 4.69) is 104 Å². The Kier molecular flexibility index (Phi) is 21.0. The van der Waals surface area contributed by atoms with Crippen molar-refractivity contribution in [3.8, 4) is 0 Å². The van der Waals surface area contributed by atoms with Crippen molar-refractivity contribution in [3.63, 3.8) is 0 Å². The first-order chi connectivity index (χ1) is 27.5. The van der Waals surface area contributed by atoms with Gasteiger partial charge in [0, 0.05) is 33.2 Å². The van der Waals surface area contributed by atoms with Crippen LogP contribution in [0.3, 0.4) is 0 Å². The molecular formula is C45H72CuF3O5P4S. The van der Waals surface area contributed by atoms with Crippen LogP contribution in [0.1, 0.15) is 158 Å². The van der Waals surface area contributed by atoms with Crippen LogP contribution in [-0.2, 0) is 36.3 Å². The number of rotatable bonds is 12. The molecule has 4 aliphatic rings. The van der Waals surface area contributed by atoms with Gasteiger partial charge in [0.1, 0.15) is 14.3 Å². The maximum Gasteiger partial charge on any atom is 1.00 e. The van der Waals surface area contributed by atoms with Crippen LogP contribution >= 0.6 is 30.1 Å². The predicted molar refractivity (Wildman–Crippen MR) is 246 cm³/mol. The van der Waals surface area contributed by atoms with Gasteiger partial charge in [-0.25, -0.2) is 8.42 Å². The molecule has 0 N–H and O–H groups in total. The quantitative estimate of drug-likeness (QED) is 0.0914. The summed E-state index contributed by atoms with van der Waals surface area (Å²) in [6.45, 7) is 18.5. The number of alkyl halides is 3. The summed E-state index contributed by atoms with van der Waals surface area (Å²) in [6, 6.07) is 18.0. The average Bonchev–Trinajstić information content (AvgIpc) is 3.99. The van der Waals surface area contributed by atoms with Gasteiger partial charge in [0.15, 0.2) is 10.1 Å². The molecule has 4 aliphatic heterocycles. The van der Waals surface area contributed by atoms with Crippen LogP contribution in [0.2, 0.25) is 0 Å². The van der Waals surface area contributed by atoms with Crippen molar-refractivity contribution in [1.29, 1.82) is 0 Å². The molecule has 8 atom stereocenters. The van der Waals surface area contributed by atoms with Gasteiger partial charge in [-0.2, -0.15) is 13.2 Å². The van der Waals surface area contributed by atoms with Gasteiger partial charge in [0.2, 0.25) is 0 Å². The van der Waals surface area contributed by atoms with Crippen molar-refractivity contribution in [3.05, 3.63) is 48.5 Å². The standard InChI is InChI=1S/2C22H36OP2.CHF3O3S.Cu/c2*1-5-17-13-14-18(6-2)24(17)21-11-9-10-12-22(21)25(23)19(7-3)15-16-20(25)8-4;2-1(3,4)8(5,6)7;/h2*9-12,17-20H,5-8,13-16H2,1-4H3;(H,5,6,7);/q;;;+1/p-1/t2*17-,18-,19-,20-;;/m11../s1. The van der Waals surface area contributed by atoms with E-state index in [0.717, 1.165) is 48.3 Å². The molecule has 0 bridgehead atoms. The minimum atomic E-state index is -6.09. The van der Waals surface area contributed by atoms with Gasteiger partial charge in [-0.05, 0) is 136 Å². The molecule has 2 aromatic carbocycles. The van der Waals surface area contributed by atoms with Crippen molar-refractivity contribution < 1.29 is 52.3 Å². The number of hydrogen-bond donors (Lipinski definition) is 0. The van der Waals surface area contributed by atoms with Crippen LogP contribution < -0.4 is 21.2 Å². The molecule has 0 amide bonds. The van der Waals surface area contributed by atoms with E-state index in [9.17, 15) is 22.3 Å². The topological polar surface area (TPSA) is 91.3 Å². The van der Waals surface area contributed by atoms with E-state index in [1.54, 1.807) is 0 Å². The Morgan fingerprint density at radius 1 is 0.525 bits per heavy atom. The number of benzene rings is 2. The zero-order valence-corrected chi connectivity index (χ0v) is 42.1. The number of halogens is 3. The second-order valence-corrected chi connectivity index (χ2v) is 30.5. The van der Waals surface area contributed by atoms with Crippen molar-refractivity contribution in [2.24, 2.45) is 0 Å². The molecule has 0 saturated carbocycles. The zero-order chi connectivity index (χ0) is 43.1. The van der Waals surface area contributed by atoms with Crippen LogP contribution in [0.4, 0.5) is 13.2 Å². The minimum absolute atomic E-state index is 0. The Bertz CT molecular complexity index is 1660. The normalized spacial score (nSPS) is 29.3. The van der Waals surface area contributed by atoms with E-state index in [1.165, 1.54) is 98.3 Å². The molecule has 6 rings (SSSR count). The van der Waals surface area contributed by atoms with E-state index in [4.69, 9.17) is 13.0 Å². The first-order valence-corrected chi connectivity index (χ1v) is 30.5. The second kappa shape index (κ2) is 23.3. The molecule has 4 fully saturated rings. The third-order valence-corrected chi connectivity index (χ3v) is 31.8. The summed E-state index contributed by atoms with van der Waals surface area (Å²) in [7, 11) is -11.0. The van der Waals surface area contributed by atoms with E-state index in [0.29, 0.717) is 22.6 Å². The van der Waals surface area contributed by atoms with Gasteiger partial charge in [-0.15, -0.1) is 0 Å². The van der Waals surface area contributed by atoms with E-state index < -0.39 is 29.9 Å². The summed E-state index contributed by atoms with van der Waals surface area (Å²) < 4.78 is 87.9. The smallest absolute Gasteiger partial charge is 0.741 e. The second-order valence-electron chi connectivity index (χ2n) is 16.9.